The molecular weight excluding hydrogens is 234 g/mol. The van der Waals surface area contributed by atoms with Gasteiger partial charge in [-0.2, -0.15) is 0 Å². The second kappa shape index (κ2) is 4.76. The van der Waals surface area contributed by atoms with Crippen LogP contribution in [0.15, 0.2) is 0 Å². The van der Waals surface area contributed by atoms with Crippen molar-refractivity contribution in [3.63, 3.8) is 0 Å². The number of fused-ring (bicyclic) bond motifs is 1. The quantitative estimate of drug-likeness (QED) is 0.664. The van der Waals surface area contributed by atoms with Gasteiger partial charge in [0.05, 0.1) is 6.54 Å². The molecule has 0 saturated carbocycles. The van der Waals surface area contributed by atoms with Crippen LogP contribution in [0, 0.1) is 0 Å². The summed E-state index contributed by atoms with van der Waals surface area (Å²) >= 11 is 0. The number of ether oxygens (including phenoxy) is 1. The van der Waals surface area contributed by atoms with Crippen LogP contribution < -0.4 is 5.32 Å². The highest BCUT2D eigenvalue weighted by atomic mass is 16.6. The van der Waals surface area contributed by atoms with E-state index in [1.165, 1.54) is 0 Å². The second-order valence-corrected chi connectivity index (χ2v) is 5.85. The van der Waals surface area contributed by atoms with Gasteiger partial charge in [0, 0.05) is 32.2 Å². The highest BCUT2D eigenvalue weighted by molar-refractivity contribution is 5.79. The molecule has 1 N–H and O–H groups in total. The van der Waals surface area contributed by atoms with Gasteiger partial charge in [-0.1, -0.05) is 0 Å². The summed E-state index contributed by atoms with van der Waals surface area (Å²) in [7, 11) is 0. The fourth-order valence-electron chi connectivity index (χ4n) is 2.26. The van der Waals surface area contributed by atoms with Gasteiger partial charge in [-0.25, -0.2) is 4.79 Å². The lowest BCUT2D eigenvalue weighted by Gasteiger charge is -2.43. The van der Waals surface area contributed by atoms with E-state index in [4.69, 9.17) is 4.74 Å². The standard InChI is InChI=1S/C12H21N3O3/c1-12(2,3)18-11(17)15-5-4-14-8-10(16)13-6-9(14)7-15/h9H,4-8H2,1-3H3,(H,13,16)/t9-/m0/s1. The van der Waals surface area contributed by atoms with Crippen molar-refractivity contribution in [2.24, 2.45) is 0 Å². The zero-order chi connectivity index (χ0) is 13.3. The van der Waals surface area contributed by atoms with Crippen LogP contribution in [-0.2, 0) is 9.53 Å². The fourth-order valence-corrected chi connectivity index (χ4v) is 2.26. The molecule has 1 atom stereocenters. The molecule has 0 radical (unpaired) electrons. The number of rotatable bonds is 0. The number of piperazine rings is 2. The Hall–Kier alpha value is -1.30. The fraction of sp³-hybridized carbons (Fsp3) is 0.833. The van der Waals surface area contributed by atoms with E-state index < -0.39 is 5.60 Å². The molecule has 2 aliphatic heterocycles. The first-order chi connectivity index (χ1) is 8.35. The molecular formula is C12H21N3O3. The summed E-state index contributed by atoms with van der Waals surface area (Å²) in [5.41, 5.74) is -0.463. The predicted octanol–water partition coefficient (Wildman–Crippen LogP) is 0.0375. The Morgan fingerprint density at radius 3 is 2.78 bits per heavy atom. The molecule has 0 spiro atoms. The minimum absolute atomic E-state index is 0.0666. The Labute approximate surface area is 107 Å². The topological polar surface area (TPSA) is 61.9 Å². The Bertz CT molecular complexity index is 351. The number of hydrogen-bond acceptors (Lipinski definition) is 4. The second-order valence-electron chi connectivity index (χ2n) is 5.85. The molecule has 18 heavy (non-hydrogen) atoms. The molecule has 2 amide bonds. The van der Waals surface area contributed by atoms with E-state index in [1.807, 2.05) is 20.8 Å². The van der Waals surface area contributed by atoms with Gasteiger partial charge in [-0.05, 0) is 20.8 Å². The molecule has 2 aliphatic rings. The van der Waals surface area contributed by atoms with Crippen LogP contribution in [0.4, 0.5) is 4.79 Å². The van der Waals surface area contributed by atoms with E-state index in [1.54, 1.807) is 4.90 Å². The first-order valence-corrected chi connectivity index (χ1v) is 6.34. The highest BCUT2D eigenvalue weighted by Gasteiger charge is 2.34. The number of amides is 2. The maximum atomic E-state index is 12.0. The average molecular weight is 255 g/mol. The molecule has 0 unspecified atom stereocenters. The van der Waals surface area contributed by atoms with Gasteiger partial charge in [0.25, 0.3) is 0 Å². The van der Waals surface area contributed by atoms with Crippen LogP contribution in [0.3, 0.4) is 0 Å². The third kappa shape index (κ3) is 3.13. The lowest BCUT2D eigenvalue weighted by Crippen LogP contribution is -2.63. The number of carbonyl (C=O) groups is 2. The monoisotopic (exact) mass is 255 g/mol. The molecule has 0 aromatic rings. The molecule has 0 aromatic carbocycles. The van der Waals surface area contributed by atoms with Crippen molar-refractivity contribution in [2.45, 2.75) is 32.4 Å². The zero-order valence-electron chi connectivity index (χ0n) is 11.2. The SMILES string of the molecule is CC(C)(C)OC(=O)N1CCN2CC(=O)NC[C@H]2C1. The Morgan fingerprint density at radius 1 is 1.39 bits per heavy atom. The number of nitrogens with one attached hydrogen (secondary N) is 1. The Balaban J connectivity index is 1.91. The van der Waals surface area contributed by atoms with Crippen LogP contribution >= 0.6 is 0 Å². The lowest BCUT2D eigenvalue weighted by atomic mass is 10.1. The van der Waals surface area contributed by atoms with Gasteiger partial charge < -0.3 is 15.0 Å². The largest absolute Gasteiger partial charge is 0.444 e. The summed E-state index contributed by atoms with van der Waals surface area (Å²) in [5, 5.41) is 2.83. The third-order valence-electron chi connectivity index (χ3n) is 3.14. The Kier molecular flexibility index (Phi) is 3.47. The molecule has 6 nitrogen and oxygen atoms in total. The van der Waals surface area contributed by atoms with Crippen molar-refractivity contribution in [1.29, 1.82) is 0 Å². The van der Waals surface area contributed by atoms with Crippen molar-refractivity contribution >= 4 is 12.0 Å². The Morgan fingerprint density at radius 2 is 2.11 bits per heavy atom. The van der Waals surface area contributed by atoms with Crippen LogP contribution in [0.1, 0.15) is 20.8 Å². The first kappa shape index (κ1) is 13.1. The highest BCUT2D eigenvalue weighted by Crippen LogP contribution is 2.15. The van der Waals surface area contributed by atoms with Crippen LogP contribution in [0.5, 0.6) is 0 Å². The van der Waals surface area contributed by atoms with Crippen LogP contribution in [0.25, 0.3) is 0 Å². The first-order valence-electron chi connectivity index (χ1n) is 6.34. The number of nitrogens with zero attached hydrogens (tertiary/aromatic N) is 2. The smallest absolute Gasteiger partial charge is 0.410 e. The van der Waals surface area contributed by atoms with E-state index in [-0.39, 0.29) is 18.0 Å². The van der Waals surface area contributed by atoms with Gasteiger partial charge in [-0.15, -0.1) is 0 Å². The van der Waals surface area contributed by atoms with Crippen molar-refractivity contribution in [3.8, 4) is 0 Å². The number of hydrogen-bond donors (Lipinski definition) is 1. The molecule has 0 aromatic heterocycles. The summed E-state index contributed by atoms with van der Waals surface area (Å²) in [6.45, 7) is 8.61. The molecule has 2 fully saturated rings. The van der Waals surface area contributed by atoms with Gasteiger partial charge in [0.2, 0.25) is 5.91 Å². The van der Waals surface area contributed by atoms with Crippen LogP contribution in [0.2, 0.25) is 0 Å². The molecule has 2 heterocycles. The third-order valence-corrected chi connectivity index (χ3v) is 3.14. The molecule has 6 heteroatoms. The summed E-state index contributed by atoms with van der Waals surface area (Å²) < 4.78 is 5.36. The normalized spacial score (nSPS) is 25.4. The van der Waals surface area contributed by atoms with E-state index in [0.717, 1.165) is 6.54 Å². The maximum Gasteiger partial charge on any atom is 0.410 e. The molecule has 2 saturated heterocycles. The van der Waals surface area contributed by atoms with Crippen molar-refractivity contribution in [1.82, 2.24) is 15.1 Å². The summed E-state index contributed by atoms with van der Waals surface area (Å²) in [6.07, 6.45) is -0.265. The van der Waals surface area contributed by atoms with Crippen molar-refractivity contribution < 1.29 is 14.3 Å². The zero-order valence-corrected chi connectivity index (χ0v) is 11.2. The summed E-state index contributed by atoms with van der Waals surface area (Å²) in [4.78, 5) is 27.1. The molecule has 0 bridgehead atoms. The summed E-state index contributed by atoms with van der Waals surface area (Å²) in [5.74, 6) is 0.0666. The molecule has 2 rings (SSSR count). The van der Waals surface area contributed by atoms with Crippen molar-refractivity contribution in [2.75, 3.05) is 32.7 Å². The average Bonchev–Trinajstić information content (AvgIpc) is 2.26. The van der Waals surface area contributed by atoms with Gasteiger partial charge in [0.15, 0.2) is 0 Å². The minimum Gasteiger partial charge on any atom is -0.444 e. The lowest BCUT2D eigenvalue weighted by molar-refractivity contribution is -0.126. The van der Waals surface area contributed by atoms with E-state index in [2.05, 4.69) is 10.2 Å². The van der Waals surface area contributed by atoms with E-state index in [0.29, 0.717) is 26.2 Å². The summed E-state index contributed by atoms with van der Waals surface area (Å²) in [6, 6.07) is 0.212. The van der Waals surface area contributed by atoms with E-state index >= 15 is 0 Å². The predicted molar refractivity (Wildman–Crippen MR) is 66.2 cm³/mol. The molecule has 0 aliphatic carbocycles. The maximum absolute atomic E-state index is 12.0. The van der Waals surface area contributed by atoms with Gasteiger partial charge in [-0.3, -0.25) is 9.69 Å². The molecule has 102 valence electrons. The van der Waals surface area contributed by atoms with Gasteiger partial charge in [0.1, 0.15) is 5.60 Å². The minimum atomic E-state index is -0.463. The van der Waals surface area contributed by atoms with E-state index in [9.17, 15) is 9.59 Å². The number of carbonyl (C=O) groups excluding carboxylic acids is 2. The van der Waals surface area contributed by atoms with Crippen molar-refractivity contribution in [3.05, 3.63) is 0 Å². The van der Waals surface area contributed by atoms with Gasteiger partial charge >= 0.3 is 6.09 Å². The van der Waals surface area contributed by atoms with Crippen LogP contribution in [-0.4, -0.2) is 66.2 Å².